The highest BCUT2D eigenvalue weighted by Gasteiger charge is 2.43. The highest BCUT2D eigenvalue weighted by atomic mass is 19.4. The number of likely N-dealkylation sites (tertiary alicyclic amines) is 1. The smallest absolute Gasteiger partial charge is 0.416 e. The molecule has 1 aliphatic rings. The number of hydrogen-bond donors (Lipinski definition) is 0. The first-order valence-electron chi connectivity index (χ1n) is 11.5. The van der Waals surface area contributed by atoms with Crippen LogP contribution in [0.25, 0.3) is 0 Å². The van der Waals surface area contributed by atoms with Gasteiger partial charge in [-0.05, 0) is 57.0 Å². The zero-order valence-electron chi connectivity index (χ0n) is 20.5. The van der Waals surface area contributed by atoms with E-state index in [1.165, 1.54) is 6.07 Å². The number of carbonyl (C=O) groups excluding carboxylic acids is 1. The fraction of sp³-hybridized carbons (Fsp3) is 0.500. The number of nitrogens with zero attached hydrogens (tertiary/aromatic N) is 1. The molecule has 2 aromatic rings. The van der Waals surface area contributed by atoms with Gasteiger partial charge >= 0.3 is 12.1 Å². The van der Waals surface area contributed by atoms with Crippen LogP contribution in [0.1, 0.15) is 36.5 Å². The van der Waals surface area contributed by atoms with Crippen molar-refractivity contribution in [3.05, 3.63) is 53.1 Å². The summed E-state index contributed by atoms with van der Waals surface area (Å²) in [4.78, 5) is 15.2. The van der Waals surface area contributed by atoms with E-state index in [0.717, 1.165) is 17.7 Å². The van der Waals surface area contributed by atoms with Crippen LogP contribution in [0.5, 0.6) is 17.2 Å². The van der Waals surface area contributed by atoms with Gasteiger partial charge in [0, 0.05) is 12.1 Å². The minimum absolute atomic E-state index is 0.198. The molecule has 6 nitrogen and oxygen atoms in total. The van der Waals surface area contributed by atoms with Crippen molar-refractivity contribution in [3.8, 4) is 17.2 Å². The maximum absolute atomic E-state index is 13.2. The number of benzene rings is 2. The molecule has 1 heterocycles. The summed E-state index contributed by atoms with van der Waals surface area (Å²) in [5.74, 6) is 1.29. The Morgan fingerprint density at radius 1 is 1.00 bits per heavy atom. The molecule has 0 saturated carbocycles. The fourth-order valence-electron chi connectivity index (χ4n) is 4.65. The zero-order chi connectivity index (χ0) is 25.6. The highest BCUT2D eigenvalue weighted by Crippen LogP contribution is 2.42. The van der Waals surface area contributed by atoms with Crippen LogP contribution >= 0.6 is 0 Å². The van der Waals surface area contributed by atoms with Crippen LogP contribution in [0.15, 0.2) is 36.4 Å². The van der Waals surface area contributed by atoms with Crippen molar-refractivity contribution in [1.29, 1.82) is 0 Å². The first-order valence-corrected chi connectivity index (χ1v) is 11.5. The van der Waals surface area contributed by atoms with Crippen LogP contribution in [0, 0.1) is 5.41 Å². The molecule has 0 radical (unpaired) electrons. The van der Waals surface area contributed by atoms with E-state index in [-0.39, 0.29) is 19.0 Å². The minimum Gasteiger partial charge on any atom is -0.493 e. The lowest BCUT2D eigenvalue weighted by Crippen LogP contribution is -2.46. The third-order valence-corrected chi connectivity index (χ3v) is 6.50. The van der Waals surface area contributed by atoms with Gasteiger partial charge in [0.15, 0.2) is 11.5 Å². The van der Waals surface area contributed by atoms with E-state index in [4.69, 9.17) is 18.9 Å². The summed E-state index contributed by atoms with van der Waals surface area (Å²) < 4.78 is 61.4. The fourth-order valence-corrected chi connectivity index (χ4v) is 4.65. The van der Waals surface area contributed by atoms with Crippen LogP contribution in [-0.4, -0.2) is 51.9 Å². The summed E-state index contributed by atoms with van der Waals surface area (Å²) in [5, 5.41) is 0. The second-order valence-electron chi connectivity index (χ2n) is 8.65. The lowest BCUT2D eigenvalue weighted by Gasteiger charge is -2.40. The monoisotopic (exact) mass is 495 g/mol. The number of ether oxygens (including phenoxy) is 4. The summed E-state index contributed by atoms with van der Waals surface area (Å²) in [6.07, 6.45) is -3.30. The second-order valence-corrected chi connectivity index (χ2v) is 8.65. The molecule has 0 spiro atoms. The van der Waals surface area contributed by atoms with E-state index in [1.54, 1.807) is 34.3 Å². The van der Waals surface area contributed by atoms with Crippen LogP contribution in [0.3, 0.4) is 0 Å². The van der Waals surface area contributed by atoms with Crippen molar-refractivity contribution in [2.24, 2.45) is 5.41 Å². The van der Waals surface area contributed by atoms with E-state index in [9.17, 15) is 18.0 Å². The zero-order valence-corrected chi connectivity index (χ0v) is 20.5. The van der Waals surface area contributed by atoms with Crippen molar-refractivity contribution in [2.75, 3.05) is 41.0 Å². The molecule has 0 N–H and O–H groups in total. The van der Waals surface area contributed by atoms with Crippen molar-refractivity contribution in [1.82, 2.24) is 4.90 Å². The molecule has 2 aromatic carbocycles. The number of alkyl halides is 3. The van der Waals surface area contributed by atoms with Crippen molar-refractivity contribution >= 4 is 5.97 Å². The maximum Gasteiger partial charge on any atom is 0.416 e. The molecule has 9 heteroatoms. The van der Waals surface area contributed by atoms with Gasteiger partial charge in [0.1, 0.15) is 0 Å². The first-order chi connectivity index (χ1) is 16.7. The number of rotatable bonds is 9. The van der Waals surface area contributed by atoms with E-state index < -0.39 is 17.2 Å². The molecular formula is C26H32F3NO5. The Balaban J connectivity index is 1.79. The molecule has 1 aliphatic heterocycles. The summed E-state index contributed by atoms with van der Waals surface area (Å²) in [6.45, 7) is 3.67. The van der Waals surface area contributed by atoms with Gasteiger partial charge in [-0.25, -0.2) is 0 Å². The Kier molecular flexibility index (Phi) is 8.53. The number of halogens is 3. The normalized spacial score (nSPS) is 16.0. The van der Waals surface area contributed by atoms with Crippen LogP contribution in [-0.2, 0) is 28.7 Å². The van der Waals surface area contributed by atoms with E-state index in [0.29, 0.717) is 55.3 Å². The molecule has 0 amide bonds. The predicted octanol–water partition coefficient (Wildman–Crippen LogP) is 5.12. The van der Waals surface area contributed by atoms with Gasteiger partial charge in [-0.1, -0.05) is 24.3 Å². The molecule has 0 unspecified atom stereocenters. The molecule has 0 bridgehead atoms. The average Bonchev–Trinajstić information content (AvgIpc) is 2.84. The molecular weight excluding hydrogens is 463 g/mol. The summed E-state index contributed by atoms with van der Waals surface area (Å²) in [7, 11) is 4.67. The molecule has 1 saturated heterocycles. The Morgan fingerprint density at radius 3 is 2.26 bits per heavy atom. The molecule has 3 rings (SSSR count). The standard InChI is InChI=1S/C26H32F3NO5/c1-5-35-24(31)25(16-18-7-6-8-20(15-18)26(27,28)29)11-13-30(14-12-25)17-19-9-10-21(32-2)23(34-4)22(19)33-3/h6-10,15H,5,11-14,16-17H2,1-4H3. The molecule has 35 heavy (non-hydrogen) atoms. The van der Waals surface area contributed by atoms with Gasteiger partial charge in [-0.3, -0.25) is 9.69 Å². The van der Waals surface area contributed by atoms with Gasteiger partial charge in [-0.2, -0.15) is 13.2 Å². The molecule has 0 aromatic heterocycles. The maximum atomic E-state index is 13.2. The quantitative estimate of drug-likeness (QED) is 0.450. The van der Waals surface area contributed by atoms with Gasteiger partial charge in [0.2, 0.25) is 5.75 Å². The Morgan fingerprint density at radius 2 is 1.69 bits per heavy atom. The van der Waals surface area contributed by atoms with Gasteiger partial charge in [0.05, 0.1) is 38.9 Å². The Bertz CT molecular complexity index is 1020. The van der Waals surface area contributed by atoms with Gasteiger partial charge < -0.3 is 18.9 Å². The number of carbonyl (C=O) groups is 1. The lowest BCUT2D eigenvalue weighted by molar-refractivity contribution is -0.158. The van der Waals surface area contributed by atoms with Crippen LogP contribution in [0.2, 0.25) is 0 Å². The summed E-state index contributed by atoms with van der Waals surface area (Å²) >= 11 is 0. The Labute approximate surface area is 203 Å². The van der Waals surface area contributed by atoms with E-state index in [2.05, 4.69) is 4.90 Å². The highest BCUT2D eigenvalue weighted by molar-refractivity contribution is 5.77. The lowest BCUT2D eigenvalue weighted by atomic mass is 9.73. The topological polar surface area (TPSA) is 57.2 Å². The molecule has 0 aliphatic carbocycles. The van der Waals surface area contributed by atoms with Crippen LogP contribution in [0.4, 0.5) is 13.2 Å². The number of methoxy groups -OCH3 is 3. The number of esters is 1. The van der Waals surface area contributed by atoms with E-state index in [1.807, 2.05) is 12.1 Å². The third-order valence-electron chi connectivity index (χ3n) is 6.50. The van der Waals surface area contributed by atoms with Crippen molar-refractivity contribution in [3.63, 3.8) is 0 Å². The van der Waals surface area contributed by atoms with E-state index >= 15 is 0 Å². The van der Waals surface area contributed by atoms with Crippen LogP contribution < -0.4 is 14.2 Å². The number of hydrogen-bond acceptors (Lipinski definition) is 6. The summed E-state index contributed by atoms with van der Waals surface area (Å²) in [6, 6.07) is 8.92. The predicted molar refractivity (Wildman–Crippen MR) is 125 cm³/mol. The average molecular weight is 496 g/mol. The first kappa shape index (κ1) is 26.7. The Hall–Kier alpha value is -2.94. The van der Waals surface area contributed by atoms with Crippen molar-refractivity contribution in [2.45, 2.75) is 38.9 Å². The summed E-state index contributed by atoms with van der Waals surface area (Å²) in [5.41, 5.74) is -0.208. The molecule has 0 atom stereocenters. The third kappa shape index (κ3) is 6.01. The SMILES string of the molecule is CCOC(=O)C1(Cc2cccc(C(F)(F)F)c2)CCN(Cc2ccc(OC)c(OC)c2OC)CC1. The largest absolute Gasteiger partial charge is 0.493 e. The van der Waals surface area contributed by atoms with Gasteiger partial charge in [-0.15, -0.1) is 0 Å². The van der Waals surface area contributed by atoms with Gasteiger partial charge in [0.25, 0.3) is 0 Å². The number of piperidine rings is 1. The molecule has 1 fully saturated rings. The van der Waals surface area contributed by atoms with Crippen molar-refractivity contribution < 1.29 is 36.9 Å². The minimum atomic E-state index is -4.44. The second kappa shape index (κ2) is 11.2. The molecule has 192 valence electrons.